The zero-order valence-corrected chi connectivity index (χ0v) is 8.75. The summed E-state index contributed by atoms with van der Waals surface area (Å²) < 4.78 is 2.78. The van der Waals surface area contributed by atoms with Gasteiger partial charge in [0.1, 0.15) is 0 Å². The minimum absolute atomic E-state index is 0.305. The first-order valence-corrected chi connectivity index (χ1v) is 4.49. The first-order chi connectivity index (χ1) is 5.11. The molecule has 0 heterocycles. The molecule has 1 amide bonds. The highest BCUT2D eigenvalue weighted by atomic mass is 127. The second-order valence-corrected chi connectivity index (χ2v) is 3.39. The summed E-state index contributed by atoms with van der Waals surface area (Å²) in [6, 6.07) is -0.305. The molecule has 0 spiro atoms. The van der Waals surface area contributed by atoms with Gasteiger partial charge >= 0.3 is 0 Å². The average Bonchev–Trinajstić information content (AvgIpc) is 1.98. The summed E-state index contributed by atoms with van der Waals surface area (Å²) in [6.45, 7) is 4.04. The van der Waals surface area contributed by atoms with Crippen LogP contribution < -0.4 is 9.01 Å². The molecule has 0 rings (SSSR count). The molecule has 0 aromatic rings. The number of nitrogens with one attached hydrogen (secondary N) is 2. The van der Waals surface area contributed by atoms with Crippen molar-refractivity contribution in [1.29, 1.82) is 0 Å². The molecule has 0 fully saturated rings. The van der Waals surface area contributed by atoms with Crippen LogP contribution in [0, 0.1) is 5.92 Å². The number of hydroxylamine groups is 1. The smallest absolute Gasteiger partial charge is 0.261 e. The first kappa shape index (κ1) is 11.1. The van der Waals surface area contributed by atoms with E-state index in [0.717, 1.165) is 6.42 Å². The van der Waals surface area contributed by atoms with E-state index in [1.165, 1.54) is 0 Å². The third-order valence-corrected chi connectivity index (χ3v) is 2.02. The topological polar surface area (TPSA) is 61.4 Å². The molecule has 11 heavy (non-hydrogen) atoms. The van der Waals surface area contributed by atoms with E-state index in [-0.39, 0.29) is 11.9 Å². The lowest BCUT2D eigenvalue weighted by Gasteiger charge is -2.14. The molecule has 3 N–H and O–H groups in total. The van der Waals surface area contributed by atoms with Crippen molar-refractivity contribution in [3.05, 3.63) is 0 Å². The molecule has 4 nitrogen and oxygen atoms in total. The van der Waals surface area contributed by atoms with Gasteiger partial charge in [-0.1, -0.05) is 13.8 Å². The molecule has 0 aliphatic rings. The monoisotopic (exact) mass is 272 g/mol. The molecule has 0 aromatic carbocycles. The molecule has 0 bridgehead atoms. The minimum atomic E-state index is -0.381. The highest BCUT2D eigenvalue weighted by Crippen LogP contribution is 2.05. The zero-order chi connectivity index (χ0) is 8.85. The Hall–Kier alpha value is 0.120. The van der Waals surface area contributed by atoms with Gasteiger partial charge in [-0.15, -0.1) is 0 Å². The predicted molar refractivity (Wildman–Crippen MR) is 50.3 cm³/mol. The molecule has 0 saturated heterocycles. The van der Waals surface area contributed by atoms with Gasteiger partial charge in [0, 0.05) is 22.9 Å². The number of carbonyl (C=O) groups is 1. The van der Waals surface area contributed by atoms with Crippen molar-refractivity contribution in [2.75, 3.05) is 0 Å². The van der Waals surface area contributed by atoms with Crippen LogP contribution in [-0.2, 0) is 4.79 Å². The van der Waals surface area contributed by atoms with Crippen molar-refractivity contribution >= 4 is 28.8 Å². The first-order valence-electron chi connectivity index (χ1n) is 3.42. The van der Waals surface area contributed by atoms with Crippen LogP contribution in [0.5, 0.6) is 0 Å². The highest BCUT2D eigenvalue weighted by molar-refractivity contribution is 14.1. The van der Waals surface area contributed by atoms with Gasteiger partial charge in [-0.3, -0.25) is 10.0 Å². The van der Waals surface area contributed by atoms with Gasteiger partial charge in [-0.05, 0) is 12.3 Å². The van der Waals surface area contributed by atoms with Crippen LogP contribution >= 0.6 is 22.9 Å². The van der Waals surface area contributed by atoms with Crippen molar-refractivity contribution in [2.24, 2.45) is 5.92 Å². The lowest BCUT2D eigenvalue weighted by molar-refractivity contribution is -0.131. The van der Waals surface area contributed by atoms with E-state index < -0.39 is 0 Å². The van der Waals surface area contributed by atoms with Crippen molar-refractivity contribution in [2.45, 2.75) is 26.3 Å². The van der Waals surface area contributed by atoms with Crippen LogP contribution in [0.15, 0.2) is 0 Å². The van der Waals surface area contributed by atoms with Crippen LogP contribution in [-0.4, -0.2) is 17.2 Å². The number of rotatable bonds is 4. The van der Waals surface area contributed by atoms with Crippen LogP contribution in [0.4, 0.5) is 0 Å². The van der Waals surface area contributed by atoms with E-state index in [1.807, 2.05) is 36.7 Å². The number of amides is 1. The molecule has 5 heteroatoms. The zero-order valence-electron chi connectivity index (χ0n) is 6.60. The normalized spacial score (nSPS) is 13.2. The lowest BCUT2D eigenvalue weighted by atomic mass is 10.0. The van der Waals surface area contributed by atoms with Gasteiger partial charge in [0.15, 0.2) is 0 Å². The molecular formula is C6H13IN2O2. The SMILES string of the molecule is CC(C)CC(NI)C(=O)NO. The molecule has 0 aromatic heterocycles. The van der Waals surface area contributed by atoms with Gasteiger partial charge in [-0.2, -0.15) is 0 Å². The van der Waals surface area contributed by atoms with E-state index in [0.29, 0.717) is 5.92 Å². The molecule has 66 valence electrons. The summed E-state index contributed by atoms with van der Waals surface area (Å²) in [4.78, 5) is 10.9. The molecule has 0 aliphatic heterocycles. The fraction of sp³-hybridized carbons (Fsp3) is 0.833. The number of hydrogen-bond donors (Lipinski definition) is 3. The maximum Gasteiger partial charge on any atom is 0.261 e. The second-order valence-electron chi connectivity index (χ2n) is 2.77. The number of carbonyl (C=O) groups excluding carboxylic acids is 1. The summed E-state index contributed by atoms with van der Waals surface area (Å²) in [6.07, 6.45) is 0.718. The van der Waals surface area contributed by atoms with E-state index in [1.54, 1.807) is 5.48 Å². The Morgan fingerprint density at radius 3 is 2.45 bits per heavy atom. The molecule has 1 atom stereocenters. The summed E-state index contributed by atoms with van der Waals surface area (Å²) in [5.41, 5.74) is 1.62. The Kier molecular flexibility index (Phi) is 5.79. The Bertz CT molecular complexity index is 130. The van der Waals surface area contributed by atoms with E-state index in [2.05, 4.69) is 3.53 Å². The van der Waals surface area contributed by atoms with Crippen molar-refractivity contribution in [3.63, 3.8) is 0 Å². The van der Waals surface area contributed by atoms with Crippen LogP contribution in [0.2, 0.25) is 0 Å². The molecule has 0 aliphatic carbocycles. The Labute approximate surface area is 80.2 Å². The van der Waals surface area contributed by atoms with Crippen molar-refractivity contribution < 1.29 is 10.0 Å². The fourth-order valence-corrected chi connectivity index (χ4v) is 1.29. The highest BCUT2D eigenvalue weighted by Gasteiger charge is 2.16. The largest absolute Gasteiger partial charge is 0.289 e. The third-order valence-electron chi connectivity index (χ3n) is 1.27. The quantitative estimate of drug-likeness (QED) is 0.308. The fourth-order valence-electron chi connectivity index (χ4n) is 0.750. The van der Waals surface area contributed by atoms with Gasteiger partial charge < -0.3 is 0 Å². The summed E-state index contributed by atoms with van der Waals surface area (Å²) in [5.74, 6) is 0.0488. The van der Waals surface area contributed by atoms with Gasteiger partial charge in [0.05, 0.1) is 6.04 Å². The molecule has 0 radical (unpaired) electrons. The average molecular weight is 272 g/mol. The van der Waals surface area contributed by atoms with Gasteiger partial charge in [0.2, 0.25) is 0 Å². The standard InChI is InChI=1S/C6H13IN2O2/c1-4(2)3-5(8-7)6(10)9-11/h4-5,8,11H,3H2,1-2H3,(H,9,10). The molecule has 0 saturated carbocycles. The molecular weight excluding hydrogens is 259 g/mol. The van der Waals surface area contributed by atoms with Gasteiger partial charge in [0.25, 0.3) is 5.91 Å². The second kappa shape index (κ2) is 5.73. The Balaban J connectivity index is 3.84. The summed E-state index contributed by atoms with van der Waals surface area (Å²) >= 11 is 1.90. The minimum Gasteiger partial charge on any atom is -0.289 e. The number of halogens is 1. The lowest BCUT2D eigenvalue weighted by Crippen LogP contribution is -2.39. The van der Waals surface area contributed by atoms with Crippen molar-refractivity contribution in [1.82, 2.24) is 9.01 Å². The summed E-state index contributed by atoms with van der Waals surface area (Å²) in [5, 5.41) is 8.31. The third kappa shape index (κ3) is 4.54. The predicted octanol–water partition coefficient (Wildman–Crippen LogP) is 0.846. The van der Waals surface area contributed by atoms with E-state index >= 15 is 0 Å². The Morgan fingerprint density at radius 2 is 2.18 bits per heavy atom. The van der Waals surface area contributed by atoms with E-state index in [9.17, 15) is 4.79 Å². The maximum atomic E-state index is 10.9. The number of hydrogen-bond acceptors (Lipinski definition) is 3. The summed E-state index contributed by atoms with van der Waals surface area (Å²) in [7, 11) is 0. The van der Waals surface area contributed by atoms with Gasteiger partial charge in [-0.25, -0.2) is 9.01 Å². The van der Waals surface area contributed by atoms with Crippen LogP contribution in [0.25, 0.3) is 0 Å². The van der Waals surface area contributed by atoms with Crippen LogP contribution in [0.3, 0.4) is 0 Å². The maximum absolute atomic E-state index is 10.9. The van der Waals surface area contributed by atoms with E-state index in [4.69, 9.17) is 5.21 Å². The Morgan fingerprint density at radius 1 is 1.64 bits per heavy atom. The molecule has 1 unspecified atom stereocenters. The van der Waals surface area contributed by atoms with Crippen molar-refractivity contribution in [3.8, 4) is 0 Å². The van der Waals surface area contributed by atoms with Crippen LogP contribution in [0.1, 0.15) is 20.3 Å².